The highest BCUT2D eigenvalue weighted by atomic mass is 35.5. The summed E-state index contributed by atoms with van der Waals surface area (Å²) >= 11 is 14.0. The van der Waals surface area contributed by atoms with Crippen molar-refractivity contribution in [1.82, 2.24) is 4.90 Å². The molecule has 1 amide bonds. The van der Waals surface area contributed by atoms with Crippen molar-refractivity contribution in [2.75, 3.05) is 7.11 Å². The van der Waals surface area contributed by atoms with Gasteiger partial charge in [-0.1, -0.05) is 96.0 Å². The van der Waals surface area contributed by atoms with Gasteiger partial charge >= 0.3 is 0 Å². The number of ether oxygens (including phenoxy) is 2. The lowest BCUT2D eigenvalue weighted by Crippen LogP contribution is -2.28. The van der Waals surface area contributed by atoms with Gasteiger partial charge in [0.1, 0.15) is 6.61 Å². The highest BCUT2D eigenvalue weighted by molar-refractivity contribution is 8.18. The first-order valence-electron chi connectivity index (χ1n) is 12.6. The van der Waals surface area contributed by atoms with Gasteiger partial charge in [0.05, 0.1) is 30.1 Å². The van der Waals surface area contributed by atoms with Crippen molar-refractivity contribution in [1.29, 1.82) is 0 Å². The Bertz CT molecular complexity index is 1540. The summed E-state index contributed by atoms with van der Waals surface area (Å²) in [5.41, 5.74) is 3.77. The quantitative estimate of drug-likeness (QED) is 0.185. The van der Waals surface area contributed by atoms with Crippen LogP contribution in [0.2, 0.25) is 10.0 Å². The number of hydrogen-bond donors (Lipinski definition) is 0. The van der Waals surface area contributed by atoms with E-state index < -0.39 is 0 Å². The first-order valence-corrected chi connectivity index (χ1v) is 14.2. The Hall–Kier alpha value is -3.71. The molecule has 40 heavy (non-hydrogen) atoms. The predicted molar refractivity (Wildman–Crippen MR) is 164 cm³/mol. The number of thioether (sulfide) groups is 1. The minimum atomic E-state index is -0.112. The lowest BCUT2D eigenvalue weighted by atomic mass is 10.1. The summed E-state index contributed by atoms with van der Waals surface area (Å²) in [6, 6.07) is 30.8. The smallest absolute Gasteiger partial charge is 0.267 e. The zero-order valence-electron chi connectivity index (χ0n) is 21.7. The highest BCUT2D eigenvalue weighted by Crippen LogP contribution is 2.40. The van der Waals surface area contributed by atoms with Crippen molar-refractivity contribution in [3.8, 4) is 11.5 Å². The van der Waals surface area contributed by atoms with Crippen LogP contribution in [0, 0.1) is 0 Å². The second-order valence-corrected chi connectivity index (χ2v) is 10.9. The number of amides is 1. The van der Waals surface area contributed by atoms with E-state index in [4.69, 9.17) is 37.7 Å². The van der Waals surface area contributed by atoms with Crippen LogP contribution in [-0.2, 0) is 24.5 Å². The van der Waals surface area contributed by atoms with Crippen LogP contribution in [0.4, 0.5) is 0 Å². The number of methoxy groups -OCH3 is 1. The summed E-state index contributed by atoms with van der Waals surface area (Å²) < 4.78 is 11.6. The number of carbonyl (C=O) groups excluding carboxylic acids is 1. The summed E-state index contributed by atoms with van der Waals surface area (Å²) in [5.74, 6) is 0.796. The molecule has 0 bridgehead atoms. The van der Waals surface area contributed by atoms with Gasteiger partial charge in [-0.2, -0.15) is 0 Å². The van der Waals surface area contributed by atoms with E-state index in [9.17, 15) is 4.79 Å². The zero-order valence-corrected chi connectivity index (χ0v) is 24.0. The van der Waals surface area contributed by atoms with Crippen LogP contribution >= 0.6 is 35.0 Å². The molecule has 5 rings (SSSR count). The first kappa shape index (κ1) is 27.8. The molecule has 202 valence electrons. The van der Waals surface area contributed by atoms with Crippen LogP contribution in [-0.4, -0.2) is 23.1 Å². The normalized spacial score (nSPS) is 15.2. The molecule has 0 aromatic heterocycles. The molecule has 0 aliphatic carbocycles. The van der Waals surface area contributed by atoms with E-state index in [2.05, 4.69) is 0 Å². The summed E-state index contributed by atoms with van der Waals surface area (Å²) in [6.07, 6.45) is 1.81. The Morgan fingerprint density at radius 3 is 2.23 bits per heavy atom. The second-order valence-electron chi connectivity index (χ2n) is 9.02. The fourth-order valence-electron chi connectivity index (χ4n) is 4.12. The van der Waals surface area contributed by atoms with Crippen molar-refractivity contribution in [2.24, 2.45) is 4.99 Å². The van der Waals surface area contributed by atoms with E-state index in [1.165, 1.54) is 11.8 Å². The van der Waals surface area contributed by atoms with Gasteiger partial charge in [0, 0.05) is 5.02 Å². The number of nitrogens with zero attached hydrogens (tertiary/aromatic N) is 2. The molecule has 0 unspecified atom stereocenters. The average Bonchev–Trinajstić information content (AvgIpc) is 3.26. The Morgan fingerprint density at radius 1 is 0.875 bits per heavy atom. The van der Waals surface area contributed by atoms with Gasteiger partial charge in [-0.05, 0) is 64.4 Å². The molecule has 1 aliphatic heterocycles. The minimum absolute atomic E-state index is 0.112. The van der Waals surface area contributed by atoms with Crippen LogP contribution in [0.5, 0.6) is 11.5 Å². The van der Waals surface area contributed by atoms with Crippen LogP contribution in [0.25, 0.3) is 6.08 Å². The molecule has 8 heteroatoms. The second kappa shape index (κ2) is 13.1. The Kier molecular flexibility index (Phi) is 9.12. The molecule has 1 aliphatic rings. The molecular formula is C32H26Cl2N2O3S. The van der Waals surface area contributed by atoms with Crippen molar-refractivity contribution in [3.05, 3.63) is 134 Å². The third-order valence-electron chi connectivity index (χ3n) is 6.16. The Labute approximate surface area is 248 Å². The van der Waals surface area contributed by atoms with E-state index in [0.29, 0.717) is 51.3 Å². The van der Waals surface area contributed by atoms with Gasteiger partial charge in [0.25, 0.3) is 5.91 Å². The average molecular weight is 590 g/mol. The molecular weight excluding hydrogens is 563 g/mol. The molecule has 4 aromatic rings. The van der Waals surface area contributed by atoms with Gasteiger partial charge in [-0.15, -0.1) is 0 Å². The van der Waals surface area contributed by atoms with Gasteiger partial charge in [0.2, 0.25) is 0 Å². The maximum Gasteiger partial charge on any atom is 0.267 e. The molecule has 0 spiro atoms. The summed E-state index contributed by atoms with van der Waals surface area (Å²) in [5, 5.41) is 1.70. The number of halogens is 2. The molecule has 0 saturated carbocycles. The van der Waals surface area contributed by atoms with Crippen LogP contribution in [0.3, 0.4) is 0 Å². The van der Waals surface area contributed by atoms with Crippen LogP contribution in [0.1, 0.15) is 22.3 Å². The van der Waals surface area contributed by atoms with Crippen molar-refractivity contribution in [3.63, 3.8) is 0 Å². The van der Waals surface area contributed by atoms with Gasteiger partial charge in [0.15, 0.2) is 16.7 Å². The third-order valence-corrected chi connectivity index (χ3v) is 7.73. The molecule has 1 fully saturated rings. The number of amidine groups is 1. The van der Waals surface area contributed by atoms with Crippen LogP contribution < -0.4 is 9.47 Å². The lowest BCUT2D eigenvalue weighted by Gasteiger charge is -2.16. The fourth-order valence-corrected chi connectivity index (χ4v) is 5.50. The fraction of sp³-hybridized carbons (Fsp3) is 0.125. The Morgan fingerprint density at radius 2 is 1.55 bits per heavy atom. The SMILES string of the molecule is COc1cc(/C=C2/SC(=NCc3ccccc3)N(Cc3ccccc3)C2=O)cc(Cl)c1OCc1ccc(Cl)cc1. The topological polar surface area (TPSA) is 51.1 Å². The summed E-state index contributed by atoms with van der Waals surface area (Å²) in [7, 11) is 1.56. The summed E-state index contributed by atoms with van der Waals surface area (Å²) in [4.78, 5) is 20.7. The minimum Gasteiger partial charge on any atom is -0.493 e. The number of rotatable bonds is 9. The molecule has 0 N–H and O–H groups in total. The van der Waals surface area contributed by atoms with Gasteiger partial charge < -0.3 is 9.47 Å². The number of hydrogen-bond acceptors (Lipinski definition) is 5. The van der Waals surface area contributed by atoms with E-state index in [-0.39, 0.29) is 5.91 Å². The van der Waals surface area contributed by atoms with E-state index >= 15 is 0 Å². The van der Waals surface area contributed by atoms with Crippen molar-refractivity contribution in [2.45, 2.75) is 19.7 Å². The number of carbonyl (C=O) groups is 1. The third kappa shape index (κ3) is 6.89. The molecule has 0 atom stereocenters. The number of benzene rings is 4. The van der Waals surface area contributed by atoms with Crippen molar-refractivity contribution < 1.29 is 14.3 Å². The predicted octanol–water partition coefficient (Wildman–Crippen LogP) is 8.25. The zero-order chi connectivity index (χ0) is 27.9. The molecule has 1 heterocycles. The first-order chi connectivity index (χ1) is 19.5. The molecule has 0 radical (unpaired) electrons. The molecule has 5 nitrogen and oxygen atoms in total. The largest absolute Gasteiger partial charge is 0.493 e. The van der Waals surface area contributed by atoms with Gasteiger partial charge in [-0.25, -0.2) is 0 Å². The highest BCUT2D eigenvalue weighted by Gasteiger charge is 2.33. The Balaban J connectivity index is 1.40. The van der Waals surface area contributed by atoms with E-state index in [1.54, 1.807) is 18.1 Å². The monoisotopic (exact) mass is 588 g/mol. The lowest BCUT2D eigenvalue weighted by molar-refractivity contribution is -0.122. The number of aliphatic imine (C=N–C) groups is 1. The molecule has 1 saturated heterocycles. The standard InChI is InChI=1S/C32H26Cl2N2O3S/c1-38-28-17-25(16-27(34)30(28)39-21-24-12-14-26(33)15-13-24)18-29-31(37)36(20-23-10-6-3-7-11-23)32(40-29)35-19-22-8-4-2-5-9-22/h2-18H,19-21H2,1H3/b29-18+,35-32?. The van der Waals surface area contributed by atoms with Gasteiger partial charge in [-0.3, -0.25) is 14.7 Å². The molecule has 4 aromatic carbocycles. The van der Waals surface area contributed by atoms with Crippen LogP contribution in [0.15, 0.2) is 107 Å². The summed E-state index contributed by atoms with van der Waals surface area (Å²) in [6.45, 7) is 1.21. The maximum atomic E-state index is 13.6. The maximum absolute atomic E-state index is 13.6. The van der Waals surface area contributed by atoms with E-state index in [0.717, 1.165) is 22.3 Å². The van der Waals surface area contributed by atoms with E-state index in [1.807, 2.05) is 97.1 Å². The van der Waals surface area contributed by atoms with Crippen molar-refractivity contribution >= 4 is 52.1 Å².